The van der Waals surface area contributed by atoms with Crippen LogP contribution in [0.25, 0.3) is 0 Å². The number of carbonyl (C=O) groups is 1. The second kappa shape index (κ2) is 6.68. The van der Waals surface area contributed by atoms with Gasteiger partial charge in [0.25, 0.3) is 5.91 Å². The fourth-order valence-electron chi connectivity index (χ4n) is 1.66. The van der Waals surface area contributed by atoms with Crippen molar-refractivity contribution in [3.05, 3.63) is 55.7 Å². The summed E-state index contributed by atoms with van der Waals surface area (Å²) in [5, 5.41) is 3.77. The SMILES string of the molecule is Cc1cc(C(=O)NCc2cccc(CBr)c2)sc1Br. The zero-order valence-electron chi connectivity index (χ0n) is 10.4. The topological polar surface area (TPSA) is 29.1 Å². The van der Waals surface area contributed by atoms with Crippen molar-refractivity contribution in [2.24, 2.45) is 0 Å². The summed E-state index contributed by atoms with van der Waals surface area (Å²) in [6.07, 6.45) is 0. The van der Waals surface area contributed by atoms with E-state index in [9.17, 15) is 4.79 Å². The lowest BCUT2D eigenvalue weighted by Crippen LogP contribution is -2.21. The minimum Gasteiger partial charge on any atom is -0.347 e. The molecule has 1 aromatic carbocycles. The Morgan fingerprint density at radius 2 is 2.05 bits per heavy atom. The van der Waals surface area contributed by atoms with Crippen LogP contribution in [0.3, 0.4) is 0 Å². The smallest absolute Gasteiger partial charge is 0.261 e. The summed E-state index contributed by atoms with van der Waals surface area (Å²) in [5.74, 6) is -0.0250. The number of rotatable bonds is 4. The highest BCUT2D eigenvalue weighted by atomic mass is 79.9. The maximum Gasteiger partial charge on any atom is 0.261 e. The van der Waals surface area contributed by atoms with E-state index in [1.165, 1.54) is 16.9 Å². The van der Waals surface area contributed by atoms with Gasteiger partial charge in [0.05, 0.1) is 8.66 Å². The summed E-state index contributed by atoms with van der Waals surface area (Å²) in [4.78, 5) is 12.7. The summed E-state index contributed by atoms with van der Waals surface area (Å²) in [5.41, 5.74) is 3.41. The molecule has 0 aliphatic carbocycles. The molecular formula is C14H13Br2NOS. The summed E-state index contributed by atoms with van der Waals surface area (Å²) in [7, 11) is 0. The van der Waals surface area contributed by atoms with Crippen LogP contribution in [0.5, 0.6) is 0 Å². The van der Waals surface area contributed by atoms with Gasteiger partial charge in [-0.25, -0.2) is 0 Å². The molecule has 2 aromatic rings. The molecule has 0 atom stereocenters. The molecule has 100 valence electrons. The Bertz CT molecular complexity index is 575. The predicted octanol–water partition coefficient (Wildman–Crippen LogP) is 4.64. The van der Waals surface area contributed by atoms with Crippen LogP contribution in [0.1, 0.15) is 26.4 Å². The van der Waals surface area contributed by atoms with Crippen molar-refractivity contribution in [3.63, 3.8) is 0 Å². The van der Waals surface area contributed by atoms with Gasteiger partial charge in [-0.3, -0.25) is 4.79 Å². The predicted molar refractivity (Wildman–Crippen MR) is 87.0 cm³/mol. The van der Waals surface area contributed by atoms with Gasteiger partial charge in [0, 0.05) is 11.9 Å². The van der Waals surface area contributed by atoms with E-state index in [-0.39, 0.29) is 5.91 Å². The van der Waals surface area contributed by atoms with Crippen LogP contribution in [-0.4, -0.2) is 5.91 Å². The largest absolute Gasteiger partial charge is 0.347 e. The Balaban J connectivity index is 2.00. The Morgan fingerprint density at radius 1 is 1.32 bits per heavy atom. The highest BCUT2D eigenvalue weighted by molar-refractivity contribution is 9.11. The van der Waals surface area contributed by atoms with E-state index < -0.39 is 0 Å². The maximum atomic E-state index is 12.0. The second-order valence-electron chi connectivity index (χ2n) is 4.20. The molecule has 1 N–H and O–H groups in total. The molecule has 0 spiro atoms. The van der Waals surface area contributed by atoms with Crippen LogP contribution in [0.2, 0.25) is 0 Å². The maximum absolute atomic E-state index is 12.0. The van der Waals surface area contributed by atoms with Crippen LogP contribution in [0.4, 0.5) is 0 Å². The van der Waals surface area contributed by atoms with Crippen molar-refractivity contribution in [1.82, 2.24) is 5.32 Å². The summed E-state index contributed by atoms with van der Waals surface area (Å²) in [6.45, 7) is 2.53. The highest BCUT2D eigenvalue weighted by Gasteiger charge is 2.10. The van der Waals surface area contributed by atoms with Gasteiger partial charge in [0.1, 0.15) is 0 Å². The van der Waals surface area contributed by atoms with Gasteiger partial charge < -0.3 is 5.32 Å². The Morgan fingerprint density at radius 3 is 2.68 bits per heavy atom. The van der Waals surface area contributed by atoms with Gasteiger partial charge in [-0.05, 0) is 45.6 Å². The number of nitrogens with one attached hydrogen (secondary N) is 1. The normalized spacial score (nSPS) is 10.5. The second-order valence-corrected chi connectivity index (χ2v) is 7.13. The molecule has 0 bridgehead atoms. The van der Waals surface area contributed by atoms with Crippen molar-refractivity contribution in [3.8, 4) is 0 Å². The molecule has 1 heterocycles. The zero-order valence-corrected chi connectivity index (χ0v) is 14.4. The lowest BCUT2D eigenvalue weighted by Gasteiger charge is -2.05. The number of amides is 1. The van der Waals surface area contributed by atoms with Crippen molar-refractivity contribution >= 4 is 49.1 Å². The van der Waals surface area contributed by atoms with E-state index in [1.54, 1.807) is 0 Å². The van der Waals surface area contributed by atoms with E-state index in [1.807, 2.05) is 25.1 Å². The van der Waals surface area contributed by atoms with E-state index in [0.29, 0.717) is 6.54 Å². The number of thiophene rings is 1. The number of alkyl halides is 1. The first-order valence-electron chi connectivity index (χ1n) is 5.78. The molecule has 1 amide bonds. The summed E-state index contributed by atoms with van der Waals surface area (Å²) >= 11 is 8.32. The van der Waals surface area contributed by atoms with Gasteiger partial charge in [0.15, 0.2) is 0 Å². The van der Waals surface area contributed by atoms with Gasteiger partial charge in [-0.15, -0.1) is 11.3 Å². The molecule has 5 heteroatoms. The van der Waals surface area contributed by atoms with E-state index >= 15 is 0 Å². The van der Waals surface area contributed by atoms with Crippen LogP contribution in [0, 0.1) is 6.92 Å². The lowest BCUT2D eigenvalue weighted by molar-refractivity contribution is 0.0955. The number of hydrogen-bond donors (Lipinski definition) is 1. The number of hydrogen-bond acceptors (Lipinski definition) is 2. The first-order chi connectivity index (χ1) is 9.10. The van der Waals surface area contributed by atoms with E-state index in [4.69, 9.17) is 0 Å². The molecule has 2 nitrogen and oxygen atoms in total. The molecular weight excluding hydrogens is 390 g/mol. The number of carbonyl (C=O) groups excluding carboxylic acids is 1. The van der Waals surface area contributed by atoms with Gasteiger partial charge in [0.2, 0.25) is 0 Å². The molecule has 0 aliphatic heterocycles. The van der Waals surface area contributed by atoms with Crippen molar-refractivity contribution < 1.29 is 4.79 Å². The van der Waals surface area contributed by atoms with Crippen LogP contribution < -0.4 is 5.32 Å². The minimum absolute atomic E-state index is 0.0250. The molecule has 19 heavy (non-hydrogen) atoms. The fraction of sp³-hybridized carbons (Fsp3) is 0.214. The fourth-order valence-corrected chi connectivity index (χ4v) is 3.46. The lowest BCUT2D eigenvalue weighted by atomic mass is 10.1. The molecule has 2 rings (SSSR count). The minimum atomic E-state index is -0.0250. The standard InChI is InChI=1S/C14H13Br2NOS/c1-9-5-12(19-13(9)16)14(18)17-8-11-4-2-3-10(6-11)7-15/h2-6H,7-8H2,1H3,(H,17,18). The third-order valence-corrected chi connectivity index (χ3v) is 5.46. The van der Waals surface area contributed by atoms with Crippen molar-refractivity contribution in [2.45, 2.75) is 18.8 Å². The summed E-state index contributed by atoms with van der Waals surface area (Å²) < 4.78 is 1.01. The van der Waals surface area contributed by atoms with Crippen LogP contribution in [0.15, 0.2) is 34.1 Å². The Hall–Kier alpha value is -0.650. The van der Waals surface area contributed by atoms with E-state index in [0.717, 1.165) is 25.1 Å². The molecule has 0 unspecified atom stereocenters. The van der Waals surface area contributed by atoms with Gasteiger partial charge in [-0.1, -0.05) is 40.2 Å². The van der Waals surface area contributed by atoms with Crippen molar-refractivity contribution in [2.75, 3.05) is 0 Å². The van der Waals surface area contributed by atoms with Gasteiger partial charge in [-0.2, -0.15) is 0 Å². The Kier molecular flexibility index (Phi) is 5.19. The van der Waals surface area contributed by atoms with Crippen LogP contribution in [-0.2, 0) is 11.9 Å². The first kappa shape index (κ1) is 14.8. The number of aryl methyl sites for hydroxylation is 1. The first-order valence-corrected chi connectivity index (χ1v) is 8.51. The van der Waals surface area contributed by atoms with Crippen LogP contribution >= 0.6 is 43.2 Å². The monoisotopic (exact) mass is 401 g/mol. The highest BCUT2D eigenvalue weighted by Crippen LogP contribution is 2.27. The molecule has 0 saturated carbocycles. The number of halogens is 2. The molecule has 0 aliphatic rings. The average Bonchev–Trinajstić information content (AvgIpc) is 2.76. The molecule has 0 radical (unpaired) electrons. The van der Waals surface area contributed by atoms with E-state index in [2.05, 4.69) is 49.3 Å². The molecule has 0 fully saturated rings. The zero-order chi connectivity index (χ0) is 13.8. The average molecular weight is 403 g/mol. The Labute approximate surface area is 133 Å². The number of benzene rings is 1. The third-order valence-electron chi connectivity index (χ3n) is 2.68. The quantitative estimate of drug-likeness (QED) is 0.741. The summed E-state index contributed by atoms with van der Waals surface area (Å²) in [6, 6.07) is 10.1. The van der Waals surface area contributed by atoms with Crippen molar-refractivity contribution in [1.29, 1.82) is 0 Å². The third kappa shape index (κ3) is 3.91. The molecule has 1 aromatic heterocycles. The van der Waals surface area contributed by atoms with Gasteiger partial charge >= 0.3 is 0 Å². The molecule has 0 saturated heterocycles.